The molecule has 0 spiro atoms. The molecule has 0 saturated carbocycles. The Morgan fingerprint density at radius 2 is 1.65 bits per heavy atom. The van der Waals surface area contributed by atoms with E-state index in [1.54, 1.807) is 13.0 Å². The maximum Gasteiger partial charge on any atom is 0.321 e. The zero-order valence-corrected chi connectivity index (χ0v) is 46.7. The van der Waals surface area contributed by atoms with E-state index >= 15 is 0 Å². The number of nitrogens with zero attached hydrogens (tertiary/aromatic N) is 3. The van der Waals surface area contributed by atoms with Crippen LogP contribution in [-0.4, -0.2) is 122 Å². The van der Waals surface area contributed by atoms with Crippen molar-refractivity contribution >= 4 is 46.2 Å². The Kier molecular flexibility index (Phi) is 14.2. The Morgan fingerprint density at radius 1 is 0.927 bits per heavy atom. The number of Topliss-reactive ketones (excluding diaryl/α,β-unsaturated/α-hetero) is 2. The number of methoxy groups -OCH3 is 2. The maximum absolute atomic E-state index is 14.5. The van der Waals surface area contributed by atoms with Gasteiger partial charge in [-0.05, 0) is 93.0 Å². The number of hydrogen-bond donors (Lipinski definition) is 7. The largest absolute Gasteiger partial charge is 0.510 e. The fraction of sp³-hybridized carbons (Fsp3) is 0.397. The van der Waals surface area contributed by atoms with Gasteiger partial charge in [-0.1, -0.05) is 38.6 Å². The average molecular weight is 1120 g/mol. The standard InChI is InChI=1S/C63H64N4O15/c1-10-32-25(3)37-19-39-27(5)34(54(66-39)50-53(62(77)80-9)59(74)47-28(6)40(67-55(47)50)21-42-33(11-2)26(4)38(65-42)20-41(32)64-37)16-15-31(69)17-30-18-46(81-29(7)56(30)71)82-44-23-63(78,45(70)24-68)22-36-49(44)61(76)52-51(58(36)73)57(72)35-13-12-14-43(79-8)48(35)60(52)75/h10,12-14,19-21,27,29-30,34,44,46,53,56,66,68,71,73-74,76,78H,1,11,15-18,22-24H2,2-9H3/t27-,29+,30?,34-,44-,46+,53?,56-,63-/m0/s1. The highest BCUT2D eigenvalue weighted by molar-refractivity contribution is 6.31. The second-order valence-corrected chi connectivity index (χ2v) is 22.4. The molecule has 7 N–H and O–H groups in total. The second-order valence-electron chi connectivity index (χ2n) is 22.4. The van der Waals surface area contributed by atoms with E-state index in [1.807, 2.05) is 45.9 Å². The molecule has 11 rings (SSSR count). The molecule has 2 aromatic carbocycles. The van der Waals surface area contributed by atoms with Gasteiger partial charge in [-0.25, -0.2) is 15.0 Å². The molecule has 6 heterocycles. The minimum absolute atomic E-state index is 0.00874. The van der Waals surface area contributed by atoms with Crippen LogP contribution in [0.4, 0.5) is 0 Å². The third kappa shape index (κ3) is 8.65. The first-order chi connectivity index (χ1) is 39.1. The number of rotatable bonds is 13. The zero-order chi connectivity index (χ0) is 58.7. The van der Waals surface area contributed by atoms with E-state index in [1.165, 1.54) is 32.4 Å². The van der Waals surface area contributed by atoms with Crippen molar-refractivity contribution in [1.82, 2.24) is 5.32 Å². The number of aliphatic hydroxyl groups is 4. The number of aliphatic hydroxyl groups excluding tert-OH is 3. The van der Waals surface area contributed by atoms with E-state index in [4.69, 9.17) is 33.9 Å². The Hall–Kier alpha value is -7.94. The minimum atomic E-state index is -2.39. The number of phenolic OH excluding ortho intramolecular Hbond substituents is 2. The van der Waals surface area contributed by atoms with Crippen molar-refractivity contribution in [3.8, 4) is 17.2 Å². The number of ether oxygens (including phenoxy) is 4. The smallest absolute Gasteiger partial charge is 0.321 e. The summed E-state index contributed by atoms with van der Waals surface area (Å²) in [6, 6.07) is 4.32. The van der Waals surface area contributed by atoms with Gasteiger partial charge in [0.05, 0.1) is 83.4 Å². The van der Waals surface area contributed by atoms with E-state index in [2.05, 4.69) is 18.8 Å². The highest BCUT2D eigenvalue weighted by atomic mass is 16.7. The molecule has 19 nitrogen and oxygen atoms in total. The molecule has 0 radical (unpaired) electrons. The molecule has 2 fully saturated rings. The van der Waals surface area contributed by atoms with E-state index < -0.39 is 113 Å². The van der Waals surface area contributed by atoms with Crippen LogP contribution in [0.1, 0.15) is 129 Å². The van der Waals surface area contributed by atoms with Crippen LogP contribution in [0.25, 0.3) is 0 Å². The monoisotopic (exact) mass is 1120 g/mol. The molecule has 0 amide bonds. The number of esters is 1. The topological polar surface area (TPSA) is 293 Å². The lowest BCUT2D eigenvalue weighted by molar-refractivity contribution is -0.257. The van der Waals surface area contributed by atoms with E-state index in [-0.39, 0.29) is 71.1 Å². The molecule has 2 saturated heterocycles. The summed E-state index contributed by atoms with van der Waals surface area (Å²) in [6.45, 7) is 14.5. The Labute approximate surface area is 472 Å². The molecule has 9 atom stereocenters. The lowest BCUT2D eigenvalue weighted by Gasteiger charge is -2.42. The molecule has 0 aromatic heterocycles. The highest BCUT2D eigenvalue weighted by Crippen LogP contribution is 2.54. The number of allylic oxidation sites excluding steroid dienone is 11. The molecule has 2 unspecified atom stereocenters. The summed E-state index contributed by atoms with van der Waals surface area (Å²) in [6.07, 6.45) is 2.07. The maximum atomic E-state index is 14.5. The predicted molar refractivity (Wildman–Crippen MR) is 299 cm³/mol. The normalized spacial score (nSPS) is 28.0. The summed E-state index contributed by atoms with van der Waals surface area (Å²) in [5, 5.41) is 73.2. The first-order valence-corrected chi connectivity index (χ1v) is 27.5. The summed E-state index contributed by atoms with van der Waals surface area (Å²) in [4.78, 5) is 85.3. The molecule has 6 aliphatic heterocycles. The van der Waals surface area contributed by atoms with Gasteiger partial charge in [-0.15, -0.1) is 0 Å². The zero-order valence-electron chi connectivity index (χ0n) is 46.7. The lowest BCUT2D eigenvalue weighted by Crippen LogP contribution is -2.49. The molecule has 426 valence electrons. The molecule has 8 bridgehead atoms. The average Bonchev–Trinajstić information content (AvgIpc) is 2.90. The number of phenols is 2. The SMILES string of the molecule is C=CC1=C(C)C2=NC1=CC1=NC(=CC3=C(C)C4=C(O)C(C(=O)OC)C(=C5NC(=C2)[C@@H](C)[C@@H]5CCC(=O)CC2C[C@@H](O[C@H]5C[C@](O)(C(=O)CO)Cc6c(O)c7c(c(O)c65)C(=O)c5c(OC)cccc5C7=O)O[C@H](C)[C@@H]2O)C4=N3)C(CC)=C1C. The third-order valence-electron chi connectivity index (χ3n) is 18.0. The number of carbonyl (C=O) groups excluding carboxylic acids is 5. The lowest BCUT2D eigenvalue weighted by atomic mass is 9.72. The summed E-state index contributed by atoms with van der Waals surface area (Å²) in [5.41, 5.74) is 6.19. The van der Waals surface area contributed by atoms with Gasteiger partial charge in [0.2, 0.25) is 5.78 Å². The number of fused-ring (bicyclic) bond motifs is 8. The van der Waals surface area contributed by atoms with Crippen molar-refractivity contribution in [3.05, 3.63) is 156 Å². The number of aliphatic imine (C=N–C) groups is 3. The van der Waals surface area contributed by atoms with Gasteiger partial charge in [-0.2, -0.15) is 0 Å². The molecular formula is C63H64N4O15. The fourth-order valence-electron chi connectivity index (χ4n) is 13.5. The minimum Gasteiger partial charge on any atom is -0.510 e. The molecule has 3 aliphatic carbocycles. The quantitative estimate of drug-likeness (QED) is 0.0653. The van der Waals surface area contributed by atoms with Crippen LogP contribution in [0.15, 0.2) is 137 Å². The number of aromatic hydroxyl groups is 2. The van der Waals surface area contributed by atoms with Gasteiger partial charge >= 0.3 is 5.97 Å². The Morgan fingerprint density at radius 3 is 2.34 bits per heavy atom. The predicted octanol–water partition coefficient (Wildman–Crippen LogP) is 7.29. The molecule has 9 aliphatic rings. The first-order valence-electron chi connectivity index (χ1n) is 27.5. The number of carbonyl (C=O) groups is 5. The summed E-state index contributed by atoms with van der Waals surface area (Å²) in [5.74, 6) is -8.09. The van der Waals surface area contributed by atoms with Crippen LogP contribution in [0.3, 0.4) is 0 Å². The van der Waals surface area contributed by atoms with Crippen molar-refractivity contribution in [2.24, 2.45) is 38.6 Å². The van der Waals surface area contributed by atoms with Crippen molar-refractivity contribution in [2.45, 2.75) is 117 Å². The number of benzene rings is 2. The van der Waals surface area contributed by atoms with Crippen molar-refractivity contribution in [3.63, 3.8) is 0 Å². The number of ketones is 4. The van der Waals surface area contributed by atoms with Crippen LogP contribution in [0.2, 0.25) is 0 Å². The van der Waals surface area contributed by atoms with Gasteiger partial charge < -0.3 is 54.9 Å². The van der Waals surface area contributed by atoms with E-state index in [9.17, 15) is 54.6 Å². The molecular weight excluding hydrogens is 1050 g/mol. The Bertz CT molecular complexity index is 3690. The van der Waals surface area contributed by atoms with Crippen molar-refractivity contribution < 1.29 is 73.6 Å². The van der Waals surface area contributed by atoms with Crippen LogP contribution >= 0.6 is 0 Å². The van der Waals surface area contributed by atoms with E-state index in [0.717, 1.165) is 39.4 Å². The van der Waals surface area contributed by atoms with Crippen LogP contribution in [-0.2, 0) is 35.0 Å². The van der Waals surface area contributed by atoms with Crippen LogP contribution in [0, 0.1) is 23.7 Å². The molecule has 19 heteroatoms. The first kappa shape index (κ1) is 55.9. The fourth-order valence-corrected chi connectivity index (χ4v) is 13.5. The summed E-state index contributed by atoms with van der Waals surface area (Å²) < 4.78 is 23.4. The number of nitrogens with one attached hydrogen (secondary N) is 1. The Balaban J connectivity index is 0.910. The van der Waals surface area contributed by atoms with Crippen LogP contribution < -0.4 is 10.1 Å². The molecule has 82 heavy (non-hydrogen) atoms. The van der Waals surface area contributed by atoms with Crippen molar-refractivity contribution in [1.29, 1.82) is 0 Å². The molecule has 2 aromatic rings. The van der Waals surface area contributed by atoms with Gasteiger partial charge in [0.15, 0.2) is 17.9 Å². The van der Waals surface area contributed by atoms with Crippen LogP contribution in [0.5, 0.6) is 17.2 Å². The van der Waals surface area contributed by atoms with Gasteiger partial charge in [0.1, 0.15) is 46.9 Å². The second kappa shape index (κ2) is 20.8. The number of hydrogen-bond acceptors (Lipinski definition) is 19. The van der Waals surface area contributed by atoms with Gasteiger partial charge in [0.25, 0.3) is 0 Å². The summed E-state index contributed by atoms with van der Waals surface area (Å²) >= 11 is 0. The third-order valence-corrected chi connectivity index (χ3v) is 18.0. The van der Waals surface area contributed by atoms with E-state index in [0.29, 0.717) is 51.7 Å². The van der Waals surface area contributed by atoms with Gasteiger partial charge in [0, 0.05) is 88.7 Å². The summed E-state index contributed by atoms with van der Waals surface area (Å²) in [7, 11) is 2.56. The van der Waals surface area contributed by atoms with Gasteiger partial charge in [-0.3, -0.25) is 24.0 Å². The highest BCUT2D eigenvalue weighted by Gasteiger charge is 2.52. The van der Waals surface area contributed by atoms with Crippen molar-refractivity contribution in [2.75, 3.05) is 20.8 Å².